The fourth-order valence-electron chi connectivity index (χ4n) is 4.48. The molecule has 3 aliphatic rings. The molecule has 0 radical (unpaired) electrons. The van der Waals surface area contributed by atoms with Crippen molar-refractivity contribution in [1.82, 2.24) is 15.1 Å². The van der Waals surface area contributed by atoms with Crippen LogP contribution in [0.25, 0.3) is 0 Å². The van der Waals surface area contributed by atoms with Gasteiger partial charge in [-0.2, -0.15) is 0 Å². The second-order valence-corrected chi connectivity index (χ2v) is 10.2. The molecular weight excluding hydrogens is 394 g/mol. The molecule has 0 bridgehead atoms. The van der Waals surface area contributed by atoms with Gasteiger partial charge in [-0.15, -0.1) is 0 Å². The quantitative estimate of drug-likeness (QED) is 0.801. The Balaban J connectivity index is 1.53. The summed E-state index contributed by atoms with van der Waals surface area (Å²) in [5.74, 6) is -0.206. The second-order valence-electron chi connectivity index (χ2n) is 10.2. The molecule has 1 aromatic carbocycles. The Morgan fingerprint density at radius 2 is 1.74 bits per heavy atom. The molecule has 31 heavy (non-hydrogen) atoms. The largest absolute Gasteiger partial charge is 0.353 e. The van der Waals surface area contributed by atoms with Crippen LogP contribution in [-0.2, 0) is 14.3 Å². The molecule has 2 saturated heterocycles. The van der Waals surface area contributed by atoms with E-state index >= 15 is 0 Å². The fraction of sp³-hybridized carbons (Fsp3) is 0.625. The van der Waals surface area contributed by atoms with E-state index in [9.17, 15) is 14.4 Å². The van der Waals surface area contributed by atoms with E-state index in [1.807, 2.05) is 23.1 Å². The lowest BCUT2D eigenvalue weighted by Crippen LogP contribution is -2.60. The Morgan fingerprint density at radius 1 is 1.10 bits per heavy atom. The Morgan fingerprint density at radius 3 is 2.32 bits per heavy atom. The third kappa shape index (κ3) is 4.76. The molecule has 168 valence electrons. The average molecular weight is 428 g/mol. The van der Waals surface area contributed by atoms with Gasteiger partial charge in [0.05, 0.1) is 6.61 Å². The van der Waals surface area contributed by atoms with Crippen molar-refractivity contribution in [3.63, 3.8) is 0 Å². The highest BCUT2D eigenvalue weighted by atomic mass is 16.5. The van der Waals surface area contributed by atoms with Gasteiger partial charge in [-0.05, 0) is 30.4 Å². The van der Waals surface area contributed by atoms with Crippen LogP contribution in [0, 0.1) is 5.41 Å². The highest BCUT2D eigenvalue weighted by molar-refractivity contribution is 5.98. The summed E-state index contributed by atoms with van der Waals surface area (Å²) < 4.78 is 6.21. The first kappa shape index (κ1) is 21.8. The monoisotopic (exact) mass is 427 g/mol. The minimum absolute atomic E-state index is 0.0720. The van der Waals surface area contributed by atoms with Crippen LogP contribution in [0.1, 0.15) is 63.2 Å². The fourth-order valence-corrected chi connectivity index (χ4v) is 4.48. The lowest BCUT2D eigenvalue weighted by Gasteiger charge is -2.44. The maximum atomic E-state index is 13.5. The Labute approximate surface area is 184 Å². The lowest BCUT2D eigenvalue weighted by atomic mass is 9.90. The number of rotatable bonds is 4. The van der Waals surface area contributed by atoms with E-state index in [0.29, 0.717) is 37.9 Å². The molecule has 0 unspecified atom stereocenters. The van der Waals surface area contributed by atoms with E-state index in [-0.39, 0.29) is 35.8 Å². The summed E-state index contributed by atoms with van der Waals surface area (Å²) >= 11 is 0. The number of piperidine rings is 1. The van der Waals surface area contributed by atoms with Crippen LogP contribution in [-0.4, -0.2) is 65.0 Å². The van der Waals surface area contributed by atoms with E-state index in [0.717, 1.165) is 12.8 Å². The molecule has 1 aromatic rings. The summed E-state index contributed by atoms with van der Waals surface area (Å²) in [5.41, 5.74) is -0.378. The molecule has 3 fully saturated rings. The Hall–Kier alpha value is -2.41. The van der Waals surface area contributed by atoms with Gasteiger partial charge in [0.2, 0.25) is 11.8 Å². The maximum absolute atomic E-state index is 13.5. The Bertz CT molecular complexity index is 836. The number of hydrogen-bond donors (Lipinski definition) is 1. The summed E-state index contributed by atoms with van der Waals surface area (Å²) in [6.45, 7) is 7.39. The smallest absolute Gasteiger partial charge is 0.256 e. The normalized spacial score (nSPS) is 23.1. The standard InChI is InChI=1S/C24H33N3O4/c1-23(2,3)15-20(28)26-13-11-24(12-14-26)27(22(30)17-7-5-4-6-8-17)19(16-31-24)21(29)25-18-9-10-18/h4-8,18-19H,9-16H2,1-3H3,(H,25,29)/t19-/m1/s1. The van der Waals surface area contributed by atoms with E-state index in [4.69, 9.17) is 4.74 Å². The topological polar surface area (TPSA) is 79.0 Å². The van der Waals surface area contributed by atoms with Crippen LogP contribution >= 0.6 is 0 Å². The number of nitrogens with one attached hydrogen (secondary N) is 1. The van der Waals surface area contributed by atoms with Crippen molar-refractivity contribution >= 4 is 17.7 Å². The van der Waals surface area contributed by atoms with Gasteiger partial charge in [-0.1, -0.05) is 39.0 Å². The first-order chi connectivity index (χ1) is 14.7. The average Bonchev–Trinajstić information content (AvgIpc) is 3.47. The van der Waals surface area contributed by atoms with Gasteiger partial charge in [0.25, 0.3) is 5.91 Å². The van der Waals surface area contributed by atoms with Crippen LogP contribution < -0.4 is 5.32 Å². The molecule has 1 N–H and O–H groups in total. The van der Waals surface area contributed by atoms with E-state index < -0.39 is 11.8 Å². The highest BCUT2D eigenvalue weighted by Gasteiger charge is 2.54. The summed E-state index contributed by atoms with van der Waals surface area (Å²) in [6.07, 6.45) is 3.48. The second kappa shape index (κ2) is 8.26. The molecule has 7 nitrogen and oxygen atoms in total. The molecule has 1 saturated carbocycles. The minimum atomic E-state index is -0.850. The third-order valence-corrected chi connectivity index (χ3v) is 6.31. The Kier molecular flexibility index (Phi) is 5.81. The van der Waals surface area contributed by atoms with Gasteiger partial charge in [0.15, 0.2) is 0 Å². The van der Waals surface area contributed by atoms with Crippen LogP contribution in [0.5, 0.6) is 0 Å². The van der Waals surface area contributed by atoms with Gasteiger partial charge in [0, 0.05) is 44.0 Å². The maximum Gasteiger partial charge on any atom is 0.256 e. The van der Waals surface area contributed by atoms with Gasteiger partial charge in [0.1, 0.15) is 11.8 Å². The molecule has 1 atom stereocenters. The van der Waals surface area contributed by atoms with Gasteiger partial charge in [-0.25, -0.2) is 0 Å². The minimum Gasteiger partial charge on any atom is -0.353 e. The van der Waals surface area contributed by atoms with Gasteiger partial charge in [-0.3, -0.25) is 19.3 Å². The zero-order valence-corrected chi connectivity index (χ0v) is 18.7. The number of carbonyl (C=O) groups excluding carboxylic acids is 3. The summed E-state index contributed by atoms with van der Waals surface area (Å²) in [7, 11) is 0. The molecule has 1 aliphatic carbocycles. The molecule has 1 spiro atoms. The molecule has 7 heteroatoms. The first-order valence-corrected chi connectivity index (χ1v) is 11.3. The number of likely N-dealkylation sites (tertiary alicyclic amines) is 1. The van der Waals surface area contributed by atoms with Crippen molar-refractivity contribution in [1.29, 1.82) is 0 Å². The van der Waals surface area contributed by atoms with Crippen molar-refractivity contribution < 1.29 is 19.1 Å². The van der Waals surface area contributed by atoms with Crippen LogP contribution in [0.2, 0.25) is 0 Å². The van der Waals surface area contributed by atoms with Crippen molar-refractivity contribution in [2.24, 2.45) is 5.41 Å². The zero-order chi connectivity index (χ0) is 22.2. The van der Waals surface area contributed by atoms with Gasteiger partial charge < -0.3 is 15.0 Å². The lowest BCUT2D eigenvalue weighted by molar-refractivity contribution is -0.145. The highest BCUT2D eigenvalue weighted by Crippen LogP contribution is 2.39. The summed E-state index contributed by atoms with van der Waals surface area (Å²) in [5, 5.41) is 3.03. The molecule has 4 rings (SSSR count). The number of nitrogens with zero attached hydrogens (tertiary/aromatic N) is 2. The zero-order valence-electron chi connectivity index (χ0n) is 18.7. The SMILES string of the molecule is CC(C)(C)CC(=O)N1CCC2(CC1)OC[C@H](C(=O)NC1CC1)N2C(=O)c1ccccc1. The van der Waals surface area contributed by atoms with Crippen LogP contribution in [0.4, 0.5) is 0 Å². The molecule has 0 aromatic heterocycles. The van der Waals surface area contributed by atoms with Crippen LogP contribution in [0.3, 0.4) is 0 Å². The van der Waals surface area contributed by atoms with Crippen LogP contribution in [0.15, 0.2) is 30.3 Å². The summed E-state index contributed by atoms with van der Waals surface area (Å²) in [4.78, 5) is 42.7. The molecule has 3 amide bonds. The van der Waals surface area contributed by atoms with Crippen molar-refractivity contribution in [3.8, 4) is 0 Å². The summed E-state index contributed by atoms with van der Waals surface area (Å²) in [6, 6.07) is 8.62. The predicted molar refractivity (Wildman–Crippen MR) is 116 cm³/mol. The number of benzene rings is 1. The molecule has 2 aliphatic heterocycles. The molecular formula is C24H33N3O4. The van der Waals surface area contributed by atoms with E-state index in [1.54, 1.807) is 17.0 Å². The molecule has 2 heterocycles. The van der Waals surface area contributed by atoms with E-state index in [2.05, 4.69) is 26.1 Å². The van der Waals surface area contributed by atoms with Crippen molar-refractivity contribution in [2.45, 2.75) is 70.7 Å². The van der Waals surface area contributed by atoms with Crippen molar-refractivity contribution in [2.75, 3.05) is 19.7 Å². The van der Waals surface area contributed by atoms with E-state index in [1.165, 1.54) is 0 Å². The third-order valence-electron chi connectivity index (χ3n) is 6.31. The number of ether oxygens (including phenoxy) is 1. The first-order valence-electron chi connectivity index (χ1n) is 11.3. The van der Waals surface area contributed by atoms with Gasteiger partial charge >= 0.3 is 0 Å². The number of amides is 3. The van der Waals surface area contributed by atoms with Crippen molar-refractivity contribution in [3.05, 3.63) is 35.9 Å². The predicted octanol–water partition coefficient (Wildman–Crippen LogP) is 2.56. The number of carbonyl (C=O) groups is 3. The number of hydrogen-bond acceptors (Lipinski definition) is 4.